The Morgan fingerprint density at radius 2 is 1.95 bits per heavy atom. The Hall–Kier alpha value is -0.770. The van der Waals surface area contributed by atoms with Crippen LogP contribution in [0.25, 0.3) is 0 Å². The first kappa shape index (κ1) is 14.6. The largest absolute Gasteiger partial charge is 0.309 e. The summed E-state index contributed by atoms with van der Waals surface area (Å²) in [5.41, 5.74) is 2.77. The molecule has 0 bridgehead atoms. The second kappa shape index (κ2) is 7.13. The lowest BCUT2D eigenvalue weighted by atomic mass is 10.2. The summed E-state index contributed by atoms with van der Waals surface area (Å²) < 4.78 is 0. The van der Waals surface area contributed by atoms with E-state index in [0.717, 1.165) is 12.3 Å². The minimum Gasteiger partial charge on any atom is -0.309 e. The van der Waals surface area contributed by atoms with Crippen molar-refractivity contribution in [2.45, 2.75) is 31.7 Å². The van der Waals surface area contributed by atoms with Crippen LogP contribution in [0.5, 0.6) is 0 Å². The zero-order valence-electron chi connectivity index (χ0n) is 11.8. The maximum absolute atomic E-state index is 3.61. The fraction of sp³-hybridized carbons (Fsp3) is 0.375. The van der Waals surface area contributed by atoms with E-state index in [1.807, 2.05) is 23.1 Å². The van der Waals surface area contributed by atoms with Crippen molar-refractivity contribution >= 4 is 23.1 Å². The van der Waals surface area contributed by atoms with E-state index in [1.165, 1.54) is 20.9 Å². The molecule has 1 aromatic heterocycles. The number of thiophene rings is 1. The molecule has 2 rings (SSSR count). The van der Waals surface area contributed by atoms with Crippen molar-refractivity contribution in [1.82, 2.24) is 5.32 Å². The van der Waals surface area contributed by atoms with E-state index in [2.05, 4.69) is 61.8 Å². The van der Waals surface area contributed by atoms with Gasteiger partial charge in [0.2, 0.25) is 0 Å². The molecular formula is C16H21NS2. The maximum Gasteiger partial charge on any atom is 0.0512 e. The second-order valence-corrected chi connectivity index (χ2v) is 6.66. The molecule has 0 saturated heterocycles. The molecule has 102 valence electrons. The first-order chi connectivity index (χ1) is 9.22. The highest BCUT2D eigenvalue weighted by atomic mass is 32.2. The fourth-order valence-electron chi connectivity index (χ4n) is 2.11. The van der Waals surface area contributed by atoms with E-state index in [1.54, 1.807) is 0 Å². The van der Waals surface area contributed by atoms with Gasteiger partial charge in [0.05, 0.1) is 6.04 Å². The molecule has 1 aromatic carbocycles. The van der Waals surface area contributed by atoms with Gasteiger partial charge in [0.1, 0.15) is 0 Å². The first-order valence-electron chi connectivity index (χ1n) is 6.68. The van der Waals surface area contributed by atoms with E-state index in [9.17, 15) is 0 Å². The van der Waals surface area contributed by atoms with Crippen molar-refractivity contribution in [3.05, 3.63) is 51.7 Å². The highest BCUT2D eigenvalue weighted by molar-refractivity contribution is 7.99. The molecule has 1 N–H and O–H groups in total. The number of rotatable bonds is 6. The van der Waals surface area contributed by atoms with Crippen LogP contribution in [0.4, 0.5) is 0 Å². The molecule has 0 aliphatic heterocycles. The van der Waals surface area contributed by atoms with E-state index in [0.29, 0.717) is 6.04 Å². The van der Waals surface area contributed by atoms with Crippen LogP contribution in [-0.2, 0) is 0 Å². The number of hydrogen-bond donors (Lipinski definition) is 1. The lowest BCUT2D eigenvalue weighted by Crippen LogP contribution is -2.22. The van der Waals surface area contributed by atoms with Crippen LogP contribution in [0, 0.1) is 13.8 Å². The van der Waals surface area contributed by atoms with Gasteiger partial charge in [-0.3, -0.25) is 0 Å². The van der Waals surface area contributed by atoms with E-state index in [4.69, 9.17) is 0 Å². The molecule has 1 heterocycles. The van der Waals surface area contributed by atoms with E-state index >= 15 is 0 Å². The fourth-order valence-corrected chi connectivity index (χ4v) is 4.32. The third-order valence-electron chi connectivity index (χ3n) is 3.17. The molecule has 0 radical (unpaired) electrons. The normalized spacial score (nSPS) is 12.6. The number of aryl methyl sites for hydroxylation is 2. The monoisotopic (exact) mass is 291 g/mol. The third kappa shape index (κ3) is 3.85. The summed E-state index contributed by atoms with van der Waals surface area (Å²) in [4.78, 5) is 2.86. The molecule has 0 amide bonds. The van der Waals surface area contributed by atoms with Crippen LogP contribution in [0.1, 0.15) is 29.0 Å². The predicted octanol–water partition coefficient (Wildman–Crippen LogP) is 4.81. The van der Waals surface area contributed by atoms with Crippen LogP contribution >= 0.6 is 23.1 Å². The smallest absolute Gasteiger partial charge is 0.0512 e. The molecule has 1 nitrogen and oxygen atoms in total. The maximum atomic E-state index is 3.61. The predicted molar refractivity (Wildman–Crippen MR) is 87.4 cm³/mol. The quantitative estimate of drug-likeness (QED) is 0.767. The Labute approximate surface area is 124 Å². The van der Waals surface area contributed by atoms with Gasteiger partial charge in [-0.05, 0) is 49.0 Å². The topological polar surface area (TPSA) is 12.0 Å². The summed E-state index contributed by atoms with van der Waals surface area (Å²) in [6.45, 7) is 7.57. The summed E-state index contributed by atoms with van der Waals surface area (Å²) >= 11 is 3.81. The Morgan fingerprint density at radius 3 is 2.58 bits per heavy atom. The SMILES string of the molecule is CCNC(CSc1ccccc1C)c1sccc1C. The molecule has 0 fully saturated rings. The average Bonchev–Trinajstić information content (AvgIpc) is 2.82. The molecule has 19 heavy (non-hydrogen) atoms. The van der Waals surface area contributed by atoms with Gasteiger partial charge in [-0.1, -0.05) is 25.1 Å². The first-order valence-corrected chi connectivity index (χ1v) is 8.54. The Bertz CT molecular complexity index is 519. The minimum atomic E-state index is 0.453. The highest BCUT2D eigenvalue weighted by Crippen LogP contribution is 2.30. The lowest BCUT2D eigenvalue weighted by molar-refractivity contribution is 0.612. The van der Waals surface area contributed by atoms with Gasteiger partial charge in [-0.2, -0.15) is 0 Å². The van der Waals surface area contributed by atoms with Gasteiger partial charge < -0.3 is 5.32 Å². The standard InChI is InChI=1S/C16H21NS2/c1-4-17-14(16-13(3)9-10-18-16)11-19-15-8-6-5-7-12(15)2/h5-10,14,17H,4,11H2,1-3H3. The van der Waals surface area contributed by atoms with E-state index < -0.39 is 0 Å². The van der Waals surface area contributed by atoms with Crippen molar-refractivity contribution in [3.63, 3.8) is 0 Å². The molecule has 0 saturated carbocycles. The molecule has 2 aromatic rings. The number of thioether (sulfide) groups is 1. The third-order valence-corrected chi connectivity index (χ3v) is 5.57. The average molecular weight is 291 g/mol. The zero-order valence-corrected chi connectivity index (χ0v) is 13.4. The summed E-state index contributed by atoms with van der Waals surface area (Å²) in [6.07, 6.45) is 0. The van der Waals surface area contributed by atoms with Crippen molar-refractivity contribution in [3.8, 4) is 0 Å². The summed E-state index contributed by atoms with van der Waals surface area (Å²) in [7, 11) is 0. The zero-order chi connectivity index (χ0) is 13.7. The van der Waals surface area contributed by atoms with Gasteiger partial charge in [-0.15, -0.1) is 23.1 Å². The number of nitrogens with one attached hydrogen (secondary N) is 1. The Kier molecular flexibility index (Phi) is 5.49. The van der Waals surface area contributed by atoms with E-state index in [-0.39, 0.29) is 0 Å². The lowest BCUT2D eigenvalue weighted by Gasteiger charge is -2.18. The number of hydrogen-bond acceptors (Lipinski definition) is 3. The minimum absolute atomic E-state index is 0.453. The van der Waals surface area contributed by atoms with Crippen LogP contribution in [-0.4, -0.2) is 12.3 Å². The summed E-state index contributed by atoms with van der Waals surface area (Å²) in [5.74, 6) is 1.08. The van der Waals surface area contributed by atoms with Crippen molar-refractivity contribution in [2.75, 3.05) is 12.3 Å². The molecule has 0 aliphatic carbocycles. The molecule has 3 heteroatoms. The van der Waals surface area contributed by atoms with Gasteiger partial charge >= 0.3 is 0 Å². The van der Waals surface area contributed by atoms with Gasteiger partial charge in [0, 0.05) is 15.5 Å². The molecule has 1 unspecified atom stereocenters. The summed E-state index contributed by atoms with van der Waals surface area (Å²) in [6, 6.07) is 11.3. The Balaban J connectivity index is 2.06. The molecular weight excluding hydrogens is 270 g/mol. The number of benzene rings is 1. The van der Waals surface area contributed by atoms with Crippen LogP contribution in [0.2, 0.25) is 0 Å². The highest BCUT2D eigenvalue weighted by Gasteiger charge is 2.14. The summed E-state index contributed by atoms with van der Waals surface area (Å²) in [5, 5.41) is 5.79. The van der Waals surface area contributed by atoms with Gasteiger partial charge in [-0.25, -0.2) is 0 Å². The van der Waals surface area contributed by atoms with Crippen molar-refractivity contribution < 1.29 is 0 Å². The Morgan fingerprint density at radius 1 is 1.16 bits per heavy atom. The van der Waals surface area contributed by atoms with Gasteiger partial charge in [0.15, 0.2) is 0 Å². The molecule has 1 atom stereocenters. The van der Waals surface area contributed by atoms with Crippen molar-refractivity contribution in [1.29, 1.82) is 0 Å². The van der Waals surface area contributed by atoms with Crippen molar-refractivity contribution in [2.24, 2.45) is 0 Å². The van der Waals surface area contributed by atoms with Gasteiger partial charge in [0.25, 0.3) is 0 Å². The molecule has 0 spiro atoms. The van der Waals surface area contributed by atoms with Crippen LogP contribution < -0.4 is 5.32 Å². The second-order valence-electron chi connectivity index (χ2n) is 4.65. The molecule has 0 aliphatic rings. The van der Waals surface area contributed by atoms with Crippen LogP contribution in [0.15, 0.2) is 40.6 Å². The van der Waals surface area contributed by atoms with Crippen LogP contribution in [0.3, 0.4) is 0 Å².